The molecule has 0 amide bonds. The molecule has 0 saturated heterocycles. The van der Waals surface area contributed by atoms with Crippen molar-refractivity contribution >= 4 is 6.05 Å². The van der Waals surface area contributed by atoms with Crippen LogP contribution in [-0.4, -0.2) is 0 Å². The van der Waals surface area contributed by atoms with Crippen molar-refractivity contribution in [1.82, 2.24) is 0 Å². The van der Waals surface area contributed by atoms with Crippen molar-refractivity contribution in [2.45, 2.75) is 0 Å². The fourth-order valence-corrected chi connectivity index (χ4v) is 0.360. The molecule has 0 aromatic heterocycles. The van der Waals surface area contributed by atoms with Crippen molar-refractivity contribution in [3.8, 4) is 0 Å². The van der Waals surface area contributed by atoms with E-state index in [1.807, 2.05) is 0 Å². The van der Waals surface area contributed by atoms with Gasteiger partial charge in [-0.05, 0) is 17.6 Å². The van der Waals surface area contributed by atoms with Crippen LogP contribution in [0.1, 0.15) is 15.2 Å². The van der Waals surface area contributed by atoms with Crippen LogP contribution in [0.2, 0.25) is 0 Å². The molecule has 0 bridgehead atoms. The summed E-state index contributed by atoms with van der Waals surface area (Å²) in [6, 6.07) is -4.07. The summed E-state index contributed by atoms with van der Waals surface area (Å²) in [5.41, 5.74) is -0.531. The summed E-state index contributed by atoms with van der Waals surface area (Å²) < 4.78 is 63.2. The smallest absolute Gasteiger partial charge is 0.123 e. The van der Waals surface area contributed by atoms with Crippen molar-refractivity contribution in [2.75, 3.05) is 0 Å². The predicted octanol–water partition coefficient (Wildman–Crippen LogP) is 2.47. The Bertz CT molecular complexity index is 447. The minimum absolute atomic E-state index is 0.531. The molecule has 0 radical (unpaired) electrons. The number of halogens is 1. The van der Waals surface area contributed by atoms with E-state index in [0.717, 1.165) is 0 Å². The second kappa shape index (κ2) is 2.44. The molecule has 9 heavy (non-hydrogen) atoms. The van der Waals surface area contributed by atoms with Crippen LogP contribution in [-0.2, 0) is 0 Å². The summed E-state index contributed by atoms with van der Waals surface area (Å²) in [6.45, 7) is -0.951. The van der Waals surface area contributed by atoms with Crippen molar-refractivity contribution in [2.24, 2.45) is 0 Å². The first-order valence-electron chi connectivity index (χ1n) is 5.69. The third kappa shape index (κ3) is 1.39. The maximum absolute atomic E-state index is 13.1. The quantitative estimate of drug-likeness (QED) is 0.546. The molecule has 1 aromatic rings. The highest BCUT2D eigenvalue weighted by Gasteiger charge is 1.85. The van der Waals surface area contributed by atoms with Gasteiger partial charge in [0.25, 0.3) is 0 Å². The molecule has 0 aliphatic rings. The molecule has 0 nitrogen and oxygen atoms in total. The zero-order valence-corrected chi connectivity index (χ0v) is 4.38. The van der Waals surface area contributed by atoms with Crippen LogP contribution in [0.3, 0.4) is 0 Å². The molecule has 0 aliphatic heterocycles. The Kier molecular flexibility index (Phi) is 0.459. The first-order valence-corrected chi connectivity index (χ1v) is 2.19. The SMILES string of the molecule is [2H]C([2H])=C([2H])c1c([2H])c([2H])c(F)c([2H])c1[2H]. The third-order valence-electron chi connectivity index (χ3n) is 0.719. The highest BCUT2D eigenvalue weighted by Crippen LogP contribution is 2.02. The average Bonchev–Trinajstić information content (AvgIpc) is 2.23. The Hall–Kier alpha value is -1.11. The highest BCUT2D eigenvalue weighted by atomic mass is 19.1. The Balaban J connectivity index is 3.72. The van der Waals surface area contributed by atoms with E-state index in [-0.39, 0.29) is 0 Å². The first kappa shape index (κ1) is 1.69. The minimum Gasteiger partial charge on any atom is -0.207 e. The molecule has 0 heterocycles. The summed E-state index contributed by atoms with van der Waals surface area (Å²) in [6.07, 6.45) is 0. The van der Waals surface area contributed by atoms with Gasteiger partial charge in [0.15, 0.2) is 0 Å². The Labute approximate surface area is 63.5 Å². The first-order chi connectivity index (χ1) is 7.29. The lowest BCUT2D eigenvalue weighted by atomic mass is 10.2. The Morgan fingerprint density at radius 2 is 2.33 bits per heavy atom. The van der Waals surface area contributed by atoms with E-state index in [9.17, 15) is 4.39 Å². The molecule has 0 atom stereocenters. The Morgan fingerprint density at radius 3 is 2.89 bits per heavy atom. The van der Waals surface area contributed by atoms with Crippen molar-refractivity contribution < 1.29 is 14.0 Å². The molecular formula is C8H7F. The van der Waals surface area contributed by atoms with Crippen LogP contribution >= 0.6 is 0 Å². The van der Waals surface area contributed by atoms with Gasteiger partial charge in [0, 0.05) is 0 Å². The molecule has 0 aliphatic carbocycles. The minimum atomic E-state index is -1.30. The van der Waals surface area contributed by atoms with E-state index >= 15 is 0 Å². The molecule has 0 fully saturated rings. The summed E-state index contributed by atoms with van der Waals surface area (Å²) in [7, 11) is 0. The van der Waals surface area contributed by atoms with Gasteiger partial charge < -0.3 is 0 Å². The second-order valence-corrected chi connectivity index (χ2v) is 1.31. The fourth-order valence-electron chi connectivity index (χ4n) is 0.360. The zero-order valence-electron chi connectivity index (χ0n) is 11.4. The molecule has 46 valence electrons. The van der Waals surface area contributed by atoms with E-state index in [1.54, 1.807) is 0 Å². The molecule has 0 spiro atoms. The zero-order chi connectivity index (χ0) is 12.6. The van der Waals surface area contributed by atoms with Crippen molar-refractivity contribution in [3.63, 3.8) is 0 Å². The van der Waals surface area contributed by atoms with Gasteiger partial charge in [-0.25, -0.2) is 4.39 Å². The van der Waals surface area contributed by atoms with E-state index in [0.29, 0.717) is 0 Å². The van der Waals surface area contributed by atoms with E-state index in [2.05, 4.69) is 0 Å². The van der Waals surface area contributed by atoms with E-state index < -0.39 is 48.1 Å². The van der Waals surface area contributed by atoms with Crippen molar-refractivity contribution in [3.05, 3.63) is 42.1 Å². The molecule has 1 heteroatoms. The third-order valence-corrected chi connectivity index (χ3v) is 0.719. The standard InChI is InChI=1S/C8H7F/c1-2-7-3-5-8(9)6-4-7/h2-6H,1H2/i1D2,2D,3D,4D,5D,6D. The largest absolute Gasteiger partial charge is 0.207 e. The van der Waals surface area contributed by atoms with Crippen LogP contribution in [0, 0.1) is 5.82 Å². The van der Waals surface area contributed by atoms with E-state index in [4.69, 9.17) is 9.60 Å². The van der Waals surface area contributed by atoms with Gasteiger partial charge in [0.1, 0.15) is 5.82 Å². The summed E-state index contributed by atoms with van der Waals surface area (Å²) in [5, 5.41) is 0. The van der Waals surface area contributed by atoms with Crippen LogP contribution in [0.25, 0.3) is 6.05 Å². The maximum atomic E-state index is 13.1. The fraction of sp³-hybridized carbons (Fsp3) is 0. The van der Waals surface area contributed by atoms with Gasteiger partial charge in [0.2, 0.25) is 0 Å². The second-order valence-electron chi connectivity index (χ2n) is 1.31. The normalized spacial score (nSPS) is 19.4. The molecular weight excluding hydrogens is 115 g/mol. The molecule has 0 unspecified atom stereocenters. The molecule has 0 N–H and O–H groups in total. The summed E-state index contributed by atoms with van der Waals surface area (Å²) in [4.78, 5) is 0. The van der Waals surface area contributed by atoms with Gasteiger partial charge in [-0.3, -0.25) is 0 Å². The number of hydrogen-bond acceptors (Lipinski definition) is 0. The van der Waals surface area contributed by atoms with E-state index in [1.165, 1.54) is 0 Å². The number of hydrogen-bond donors (Lipinski definition) is 0. The number of benzene rings is 1. The van der Waals surface area contributed by atoms with Crippen LogP contribution in [0.5, 0.6) is 0 Å². The van der Waals surface area contributed by atoms with Crippen LogP contribution in [0.15, 0.2) is 30.7 Å². The average molecular weight is 129 g/mol. The Morgan fingerprint density at radius 1 is 1.67 bits per heavy atom. The lowest BCUT2D eigenvalue weighted by Crippen LogP contribution is -1.72. The lowest BCUT2D eigenvalue weighted by molar-refractivity contribution is 0.628. The van der Waals surface area contributed by atoms with Gasteiger partial charge >= 0.3 is 0 Å². The van der Waals surface area contributed by atoms with Gasteiger partial charge in [-0.1, -0.05) is 24.7 Å². The highest BCUT2D eigenvalue weighted by molar-refractivity contribution is 5.45. The summed E-state index contributed by atoms with van der Waals surface area (Å²) >= 11 is 0. The van der Waals surface area contributed by atoms with Gasteiger partial charge in [-0.15, -0.1) is 0 Å². The molecule has 1 rings (SSSR count). The predicted molar refractivity (Wildman–Crippen MR) is 36.5 cm³/mol. The summed E-state index contributed by atoms with van der Waals surface area (Å²) in [5.74, 6) is -1.30. The monoisotopic (exact) mass is 129 g/mol. The van der Waals surface area contributed by atoms with Gasteiger partial charge in [0.05, 0.1) is 9.60 Å². The van der Waals surface area contributed by atoms with Crippen LogP contribution < -0.4 is 0 Å². The number of rotatable bonds is 1. The topological polar surface area (TPSA) is 0 Å². The molecule has 1 aromatic carbocycles. The maximum Gasteiger partial charge on any atom is 0.123 e. The lowest BCUT2D eigenvalue weighted by Gasteiger charge is -1.88. The molecule has 0 saturated carbocycles. The van der Waals surface area contributed by atoms with Crippen molar-refractivity contribution in [1.29, 1.82) is 0 Å². The van der Waals surface area contributed by atoms with Gasteiger partial charge in [-0.2, -0.15) is 0 Å². The van der Waals surface area contributed by atoms with Crippen LogP contribution in [0.4, 0.5) is 4.39 Å².